The highest BCUT2D eigenvalue weighted by molar-refractivity contribution is 14.0. The summed E-state index contributed by atoms with van der Waals surface area (Å²) in [6.07, 6.45) is 5.96. The van der Waals surface area contributed by atoms with Crippen LogP contribution in [0.1, 0.15) is 36.8 Å². The molecule has 6 nitrogen and oxygen atoms in total. The van der Waals surface area contributed by atoms with Crippen molar-refractivity contribution >= 4 is 41.8 Å². The Morgan fingerprint density at radius 1 is 1.10 bits per heavy atom. The number of halogens is 1. The summed E-state index contributed by atoms with van der Waals surface area (Å²) in [5, 5.41) is 6.66. The SMILES string of the molecule is CN=C(NCCCN1C(=O)C2C3C=CC(C3)C2C1=O)NCC(C)c1ccc(C)cc1.I. The van der Waals surface area contributed by atoms with E-state index in [9.17, 15) is 9.59 Å². The van der Waals surface area contributed by atoms with E-state index in [1.807, 2.05) is 0 Å². The number of benzene rings is 1. The number of allylic oxidation sites excluding steroid dienone is 2. The number of guanidine groups is 1. The maximum atomic E-state index is 12.7. The molecule has 5 atom stereocenters. The lowest BCUT2D eigenvalue weighted by atomic mass is 9.85. The second-order valence-corrected chi connectivity index (χ2v) is 8.87. The van der Waals surface area contributed by atoms with Crippen molar-refractivity contribution in [3.63, 3.8) is 0 Å². The molecular weight excluding hydrogens is 503 g/mol. The zero-order valence-corrected chi connectivity index (χ0v) is 20.8. The van der Waals surface area contributed by atoms with Gasteiger partial charge in [0, 0.05) is 26.7 Å². The summed E-state index contributed by atoms with van der Waals surface area (Å²) < 4.78 is 0. The fraction of sp³-hybridized carbons (Fsp3) is 0.542. The molecule has 0 aromatic heterocycles. The zero-order chi connectivity index (χ0) is 21.3. The summed E-state index contributed by atoms with van der Waals surface area (Å²) in [6, 6.07) is 8.60. The molecule has 3 aliphatic rings. The van der Waals surface area contributed by atoms with E-state index < -0.39 is 0 Å². The molecule has 1 saturated carbocycles. The number of imide groups is 1. The molecule has 2 aliphatic carbocycles. The van der Waals surface area contributed by atoms with Gasteiger partial charge in [-0.25, -0.2) is 0 Å². The van der Waals surface area contributed by atoms with E-state index >= 15 is 0 Å². The van der Waals surface area contributed by atoms with Gasteiger partial charge in [0.2, 0.25) is 11.8 Å². The van der Waals surface area contributed by atoms with Crippen LogP contribution >= 0.6 is 24.0 Å². The Bertz CT molecular complexity index is 837. The number of amides is 2. The third kappa shape index (κ3) is 4.81. The highest BCUT2D eigenvalue weighted by atomic mass is 127. The molecule has 2 fully saturated rings. The molecule has 168 valence electrons. The van der Waals surface area contributed by atoms with E-state index in [-0.39, 0.29) is 59.5 Å². The standard InChI is InChI=1S/C24H32N4O2.HI/c1-15-5-7-17(8-6-15)16(2)14-27-24(25-3)26-11-4-12-28-22(29)20-18-9-10-19(13-18)21(20)23(28)30;/h5-10,16,18-21H,4,11-14H2,1-3H3,(H2,25,26,27);1H. The number of nitrogens with one attached hydrogen (secondary N) is 2. The molecule has 2 bridgehead atoms. The molecule has 31 heavy (non-hydrogen) atoms. The minimum Gasteiger partial charge on any atom is -0.356 e. The molecule has 0 radical (unpaired) electrons. The molecule has 5 unspecified atom stereocenters. The number of hydrogen-bond acceptors (Lipinski definition) is 3. The predicted octanol–water partition coefficient (Wildman–Crippen LogP) is 3.08. The number of likely N-dealkylation sites (tertiary alicyclic amines) is 1. The van der Waals surface area contributed by atoms with Gasteiger partial charge in [0.05, 0.1) is 11.8 Å². The van der Waals surface area contributed by atoms with E-state index in [1.54, 1.807) is 7.05 Å². The number of aryl methyl sites for hydroxylation is 1. The first-order valence-electron chi connectivity index (χ1n) is 11.0. The summed E-state index contributed by atoms with van der Waals surface area (Å²) in [4.78, 5) is 31.2. The number of hydrogen-bond donors (Lipinski definition) is 2. The van der Waals surface area contributed by atoms with E-state index in [0.29, 0.717) is 25.4 Å². The topological polar surface area (TPSA) is 73.8 Å². The number of aliphatic imine (C=N–C) groups is 1. The first kappa shape index (κ1) is 23.8. The Morgan fingerprint density at radius 3 is 2.29 bits per heavy atom. The summed E-state index contributed by atoms with van der Waals surface area (Å²) in [5.74, 6) is 1.54. The summed E-state index contributed by atoms with van der Waals surface area (Å²) in [6.45, 7) is 6.21. The van der Waals surface area contributed by atoms with Crippen LogP contribution in [0.4, 0.5) is 0 Å². The van der Waals surface area contributed by atoms with Crippen LogP contribution in [0.5, 0.6) is 0 Å². The van der Waals surface area contributed by atoms with Gasteiger partial charge < -0.3 is 10.6 Å². The molecule has 1 aromatic carbocycles. The molecular formula is C24H33IN4O2. The Hall–Kier alpha value is -1.90. The van der Waals surface area contributed by atoms with Crippen LogP contribution in [0, 0.1) is 30.6 Å². The van der Waals surface area contributed by atoms with Gasteiger partial charge in [-0.2, -0.15) is 0 Å². The maximum Gasteiger partial charge on any atom is 0.233 e. The molecule has 1 saturated heterocycles. The number of rotatable bonds is 7. The highest BCUT2D eigenvalue weighted by Gasteiger charge is 2.58. The van der Waals surface area contributed by atoms with Crippen molar-refractivity contribution in [2.45, 2.75) is 32.6 Å². The van der Waals surface area contributed by atoms with Gasteiger partial charge in [-0.05, 0) is 43.1 Å². The first-order chi connectivity index (χ1) is 14.5. The Morgan fingerprint density at radius 2 is 1.71 bits per heavy atom. The number of nitrogens with zero attached hydrogens (tertiary/aromatic N) is 2. The maximum absolute atomic E-state index is 12.7. The van der Waals surface area contributed by atoms with E-state index in [0.717, 1.165) is 18.9 Å². The normalized spacial score (nSPS) is 27.3. The Balaban J connectivity index is 0.00000272. The van der Waals surface area contributed by atoms with Crippen LogP contribution in [0.2, 0.25) is 0 Å². The van der Waals surface area contributed by atoms with Crippen LogP contribution < -0.4 is 10.6 Å². The Labute approximate surface area is 202 Å². The average Bonchev–Trinajstić information content (AvgIpc) is 3.43. The minimum absolute atomic E-state index is 0. The lowest BCUT2D eigenvalue weighted by Crippen LogP contribution is -2.41. The van der Waals surface area contributed by atoms with Gasteiger partial charge in [-0.3, -0.25) is 19.5 Å². The van der Waals surface area contributed by atoms with E-state index in [1.165, 1.54) is 16.0 Å². The van der Waals surface area contributed by atoms with Crippen molar-refractivity contribution < 1.29 is 9.59 Å². The lowest BCUT2D eigenvalue weighted by Gasteiger charge is -2.19. The molecule has 2 N–H and O–H groups in total. The van der Waals surface area contributed by atoms with E-state index in [2.05, 4.69) is 65.9 Å². The van der Waals surface area contributed by atoms with Crippen LogP contribution in [0.25, 0.3) is 0 Å². The van der Waals surface area contributed by atoms with E-state index in [4.69, 9.17) is 0 Å². The monoisotopic (exact) mass is 536 g/mol. The van der Waals surface area contributed by atoms with Crippen LogP contribution in [-0.4, -0.2) is 49.4 Å². The second-order valence-electron chi connectivity index (χ2n) is 8.87. The first-order valence-corrected chi connectivity index (χ1v) is 11.0. The summed E-state index contributed by atoms with van der Waals surface area (Å²) in [7, 11) is 1.75. The van der Waals surface area contributed by atoms with Crippen LogP contribution in [0.3, 0.4) is 0 Å². The fourth-order valence-electron chi connectivity index (χ4n) is 5.11. The van der Waals surface area contributed by atoms with Gasteiger partial charge in [0.25, 0.3) is 0 Å². The number of carbonyl (C=O) groups excluding carboxylic acids is 2. The molecule has 1 aliphatic heterocycles. The summed E-state index contributed by atoms with van der Waals surface area (Å²) >= 11 is 0. The smallest absolute Gasteiger partial charge is 0.233 e. The molecule has 1 aromatic rings. The summed E-state index contributed by atoms with van der Waals surface area (Å²) in [5.41, 5.74) is 2.56. The largest absolute Gasteiger partial charge is 0.356 e. The minimum atomic E-state index is -0.0989. The van der Waals surface area contributed by atoms with Crippen molar-refractivity contribution in [3.8, 4) is 0 Å². The number of fused-ring (bicyclic) bond motifs is 5. The van der Waals surface area contributed by atoms with Gasteiger partial charge >= 0.3 is 0 Å². The third-order valence-electron chi connectivity index (χ3n) is 6.86. The molecule has 4 rings (SSSR count). The van der Waals surface area contributed by atoms with Crippen molar-refractivity contribution in [2.24, 2.45) is 28.7 Å². The molecule has 0 spiro atoms. The van der Waals surface area contributed by atoms with Crippen molar-refractivity contribution in [1.29, 1.82) is 0 Å². The zero-order valence-electron chi connectivity index (χ0n) is 18.5. The number of carbonyl (C=O) groups is 2. The molecule has 1 heterocycles. The van der Waals surface area contributed by atoms with Gasteiger partial charge in [0.1, 0.15) is 0 Å². The fourth-order valence-corrected chi connectivity index (χ4v) is 5.11. The van der Waals surface area contributed by atoms with Gasteiger partial charge in [-0.1, -0.05) is 48.9 Å². The van der Waals surface area contributed by atoms with Crippen LogP contribution in [0.15, 0.2) is 41.4 Å². The quantitative estimate of drug-likeness (QED) is 0.140. The Kier molecular flexibility index (Phi) is 7.78. The molecule has 7 heteroatoms. The lowest BCUT2D eigenvalue weighted by molar-refractivity contribution is -0.140. The van der Waals surface area contributed by atoms with Gasteiger partial charge in [0.15, 0.2) is 5.96 Å². The van der Waals surface area contributed by atoms with Crippen molar-refractivity contribution in [1.82, 2.24) is 15.5 Å². The highest BCUT2D eigenvalue weighted by Crippen LogP contribution is 2.52. The van der Waals surface area contributed by atoms with Crippen LogP contribution in [-0.2, 0) is 9.59 Å². The molecule has 2 amide bonds. The van der Waals surface area contributed by atoms with Crippen molar-refractivity contribution in [2.75, 3.05) is 26.7 Å². The average molecular weight is 536 g/mol. The second kappa shape index (κ2) is 10.1. The predicted molar refractivity (Wildman–Crippen MR) is 133 cm³/mol. The third-order valence-corrected chi connectivity index (χ3v) is 6.86. The van der Waals surface area contributed by atoms with Crippen molar-refractivity contribution in [3.05, 3.63) is 47.5 Å². The van der Waals surface area contributed by atoms with Gasteiger partial charge in [-0.15, -0.1) is 24.0 Å².